The maximum absolute atomic E-state index is 6.11. The van der Waals surface area contributed by atoms with Crippen molar-refractivity contribution < 1.29 is 14.2 Å². The summed E-state index contributed by atoms with van der Waals surface area (Å²) in [6.07, 6.45) is 6.54. The molecule has 3 fully saturated rings. The molecule has 0 N–H and O–H groups in total. The van der Waals surface area contributed by atoms with Crippen LogP contribution in [0.25, 0.3) is 0 Å². The Morgan fingerprint density at radius 3 is 2.52 bits per heavy atom. The largest absolute Gasteiger partial charge is 0.481 e. The summed E-state index contributed by atoms with van der Waals surface area (Å²) in [4.78, 5) is 9.86. The third-order valence-corrected chi connectivity index (χ3v) is 7.25. The maximum Gasteiger partial charge on any atom is 0.219 e. The topological polar surface area (TPSA) is 53.5 Å². The summed E-state index contributed by atoms with van der Waals surface area (Å²) in [6, 6.07) is 0. The summed E-state index contributed by atoms with van der Waals surface area (Å²) >= 11 is 0. The number of rotatable bonds is 2. The Kier molecular flexibility index (Phi) is 3.46. The molecule has 1 aromatic rings. The van der Waals surface area contributed by atoms with Gasteiger partial charge in [-0.25, -0.2) is 4.98 Å². The molecule has 5 heteroatoms. The van der Waals surface area contributed by atoms with E-state index in [1.807, 2.05) is 0 Å². The van der Waals surface area contributed by atoms with Gasteiger partial charge in [0.2, 0.25) is 5.88 Å². The van der Waals surface area contributed by atoms with Gasteiger partial charge in [0.1, 0.15) is 5.82 Å². The van der Waals surface area contributed by atoms with Gasteiger partial charge in [-0.2, -0.15) is 4.98 Å². The van der Waals surface area contributed by atoms with Gasteiger partial charge in [-0.15, -0.1) is 0 Å². The highest BCUT2D eigenvalue weighted by Gasteiger charge is 2.58. The van der Waals surface area contributed by atoms with Crippen LogP contribution in [0.4, 0.5) is 0 Å². The van der Waals surface area contributed by atoms with Crippen LogP contribution in [0.2, 0.25) is 0 Å². The van der Waals surface area contributed by atoms with Crippen LogP contribution < -0.4 is 4.74 Å². The van der Waals surface area contributed by atoms with Crippen LogP contribution >= 0.6 is 0 Å². The third kappa shape index (κ3) is 2.21. The minimum atomic E-state index is -0.363. The van der Waals surface area contributed by atoms with E-state index in [1.54, 1.807) is 7.11 Å². The molecule has 1 saturated heterocycles. The molecule has 1 spiro atoms. The van der Waals surface area contributed by atoms with Crippen molar-refractivity contribution in [2.45, 2.75) is 69.5 Å². The lowest BCUT2D eigenvalue weighted by molar-refractivity contribution is -0.234. The van der Waals surface area contributed by atoms with Gasteiger partial charge in [-0.3, -0.25) is 0 Å². The van der Waals surface area contributed by atoms with Gasteiger partial charge in [0, 0.05) is 29.2 Å². The molecular weight excluding hydrogens is 316 g/mol. The van der Waals surface area contributed by atoms with Crippen LogP contribution in [0.15, 0.2) is 0 Å². The molecule has 1 aromatic heterocycles. The van der Waals surface area contributed by atoms with Crippen LogP contribution in [0.3, 0.4) is 0 Å². The fourth-order valence-electron chi connectivity index (χ4n) is 5.62. The van der Waals surface area contributed by atoms with Crippen molar-refractivity contribution >= 4 is 0 Å². The Labute approximate surface area is 149 Å². The first-order valence-electron chi connectivity index (χ1n) is 9.80. The molecule has 0 bridgehead atoms. The lowest BCUT2D eigenvalue weighted by atomic mass is 9.55. The molecule has 4 aliphatic rings. The molecule has 3 atom stereocenters. The second kappa shape index (κ2) is 5.40. The molecule has 0 unspecified atom stereocenters. The highest BCUT2D eigenvalue weighted by Crippen LogP contribution is 2.57. The molecule has 2 saturated carbocycles. The van der Waals surface area contributed by atoms with E-state index in [9.17, 15) is 0 Å². The zero-order chi connectivity index (χ0) is 17.2. The summed E-state index contributed by atoms with van der Waals surface area (Å²) in [5.41, 5.74) is 2.55. The molecule has 0 amide bonds. The van der Waals surface area contributed by atoms with Crippen LogP contribution in [-0.2, 0) is 21.3 Å². The first-order valence-corrected chi connectivity index (χ1v) is 9.80. The van der Waals surface area contributed by atoms with Crippen molar-refractivity contribution in [2.24, 2.45) is 11.8 Å². The molecule has 0 aromatic carbocycles. The number of nitrogens with zero attached hydrogens (tertiary/aromatic N) is 2. The summed E-state index contributed by atoms with van der Waals surface area (Å²) in [6.45, 7) is 6.17. The highest BCUT2D eigenvalue weighted by atomic mass is 16.7. The Morgan fingerprint density at radius 2 is 1.84 bits per heavy atom. The first kappa shape index (κ1) is 16.0. The Balaban J connectivity index is 1.59. The Hall–Kier alpha value is -1.20. The number of aromatic nitrogens is 2. The lowest BCUT2D eigenvalue weighted by Gasteiger charge is -2.54. The van der Waals surface area contributed by atoms with E-state index < -0.39 is 0 Å². The molecule has 5 rings (SSSR count). The van der Waals surface area contributed by atoms with Crippen molar-refractivity contribution in [1.29, 1.82) is 0 Å². The molecule has 0 radical (unpaired) electrons. The molecule has 1 aliphatic heterocycles. The fraction of sp³-hybridized carbons (Fsp3) is 0.800. The quantitative estimate of drug-likeness (QED) is 0.823. The van der Waals surface area contributed by atoms with E-state index in [0.717, 1.165) is 50.6 Å². The van der Waals surface area contributed by atoms with Crippen molar-refractivity contribution in [3.05, 3.63) is 17.1 Å². The number of methoxy groups -OCH3 is 1. The van der Waals surface area contributed by atoms with Crippen LogP contribution in [0.5, 0.6) is 5.88 Å². The van der Waals surface area contributed by atoms with Gasteiger partial charge in [0.25, 0.3) is 0 Å². The standard InChI is InChI=1S/C20H28N2O3/c1-12-15-7-6-14-16(21-17(13-4-5-13)22-18(14)23-3)19(15,2)8-9-20(12)24-10-11-25-20/h12-13,15H,4-11H2,1-3H3/t12-,15-,19-/m0/s1. The maximum atomic E-state index is 6.11. The van der Waals surface area contributed by atoms with E-state index in [0.29, 0.717) is 17.8 Å². The van der Waals surface area contributed by atoms with Gasteiger partial charge in [-0.1, -0.05) is 13.8 Å². The van der Waals surface area contributed by atoms with Gasteiger partial charge >= 0.3 is 0 Å². The molecule has 3 aliphatic carbocycles. The molecule has 136 valence electrons. The number of ether oxygens (including phenoxy) is 3. The summed E-state index contributed by atoms with van der Waals surface area (Å²) < 4.78 is 17.9. The molecule has 25 heavy (non-hydrogen) atoms. The minimum absolute atomic E-state index is 0.0629. The Morgan fingerprint density at radius 1 is 1.08 bits per heavy atom. The number of hydrogen-bond acceptors (Lipinski definition) is 5. The van der Waals surface area contributed by atoms with E-state index >= 15 is 0 Å². The van der Waals surface area contributed by atoms with Gasteiger partial charge in [0.15, 0.2) is 5.79 Å². The van der Waals surface area contributed by atoms with Crippen molar-refractivity contribution in [3.63, 3.8) is 0 Å². The third-order valence-electron chi connectivity index (χ3n) is 7.25. The molecular formula is C20H28N2O3. The Bertz CT molecular complexity index is 696. The minimum Gasteiger partial charge on any atom is -0.481 e. The van der Waals surface area contributed by atoms with Crippen molar-refractivity contribution in [1.82, 2.24) is 9.97 Å². The number of fused-ring (bicyclic) bond motifs is 3. The lowest BCUT2D eigenvalue weighted by Crippen LogP contribution is -2.55. The zero-order valence-electron chi connectivity index (χ0n) is 15.5. The van der Waals surface area contributed by atoms with Gasteiger partial charge in [-0.05, 0) is 38.0 Å². The van der Waals surface area contributed by atoms with Crippen molar-refractivity contribution in [2.75, 3.05) is 20.3 Å². The second-order valence-electron chi connectivity index (χ2n) is 8.55. The predicted octanol–water partition coefficient (Wildman–Crippen LogP) is 3.36. The monoisotopic (exact) mass is 344 g/mol. The normalized spacial score (nSPS) is 36.1. The zero-order valence-corrected chi connectivity index (χ0v) is 15.5. The molecule has 5 nitrogen and oxygen atoms in total. The average molecular weight is 344 g/mol. The smallest absolute Gasteiger partial charge is 0.219 e. The summed E-state index contributed by atoms with van der Waals surface area (Å²) in [5.74, 6) is 2.90. The fourth-order valence-corrected chi connectivity index (χ4v) is 5.62. The summed E-state index contributed by atoms with van der Waals surface area (Å²) in [5, 5.41) is 0. The van der Waals surface area contributed by atoms with E-state index in [1.165, 1.54) is 24.1 Å². The van der Waals surface area contributed by atoms with Gasteiger partial charge < -0.3 is 14.2 Å². The first-order chi connectivity index (χ1) is 12.1. The van der Waals surface area contributed by atoms with Crippen LogP contribution in [-0.4, -0.2) is 36.1 Å². The number of hydrogen-bond donors (Lipinski definition) is 0. The average Bonchev–Trinajstić information content (AvgIpc) is 3.37. The van der Waals surface area contributed by atoms with Crippen LogP contribution in [0.1, 0.15) is 69.0 Å². The predicted molar refractivity (Wildman–Crippen MR) is 92.8 cm³/mol. The van der Waals surface area contributed by atoms with Gasteiger partial charge in [0.05, 0.1) is 26.0 Å². The van der Waals surface area contributed by atoms with E-state index in [-0.39, 0.29) is 11.2 Å². The molecule has 2 heterocycles. The van der Waals surface area contributed by atoms with E-state index in [4.69, 9.17) is 24.2 Å². The van der Waals surface area contributed by atoms with Crippen molar-refractivity contribution in [3.8, 4) is 5.88 Å². The van der Waals surface area contributed by atoms with Crippen LogP contribution in [0, 0.1) is 11.8 Å². The highest BCUT2D eigenvalue weighted by molar-refractivity contribution is 5.40. The summed E-state index contributed by atoms with van der Waals surface area (Å²) in [7, 11) is 1.74. The second-order valence-corrected chi connectivity index (χ2v) is 8.55. The SMILES string of the molecule is COc1nc(C2CC2)nc2c1CC[C@H]1[C@H](C)C3(CC[C@]21C)OCCO3. The van der Waals surface area contributed by atoms with E-state index in [2.05, 4.69) is 13.8 Å².